The summed E-state index contributed by atoms with van der Waals surface area (Å²) in [5.41, 5.74) is 7.28. The smallest absolute Gasteiger partial charge is 0.407 e. The van der Waals surface area contributed by atoms with Gasteiger partial charge in [-0.25, -0.2) is 22.4 Å². The first-order chi connectivity index (χ1) is 34.6. The summed E-state index contributed by atoms with van der Waals surface area (Å²) in [6, 6.07) is 17.4. The lowest BCUT2D eigenvalue weighted by Gasteiger charge is -2.35. The van der Waals surface area contributed by atoms with Gasteiger partial charge in [-0.3, -0.25) is 4.79 Å². The lowest BCUT2D eigenvalue weighted by molar-refractivity contribution is -0.120. The van der Waals surface area contributed by atoms with Gasteiger partial charge >= 0.3 is 6.09 Å². The molecule has 0 radical (unpaired) electrons. The SMILES string of the molecule is CC(=O)N[C@@H](Cc1cc(F)cc(F)c1)[C@H](O)CN[C@@H]1c2cc(CC(C)(C)C)ccc2CCC1CO.CC(C)(C)Cc1ccc2c(c1)[C@@H](NC[C@@H](O)[C@H](Cc1cc(F)cc(F)c1)NC(=O)OC(C)(C)C)C(CO)CC2. The van der Waals surface area contributed by atoms with E-state index in [1.165, 1.54) is 53.4 Å². The van der Waals surface area contributed by atoms with E-state index in [1.54, 1.807) is 20.8 Å². The third-order valence-electron chi connectivity index (χ3n) is 13.4. The molecule has 408 valence electrons. The molecule has 6 rings (SSSR count). The van der Waals surface area contributed by atoms with Gasteiger partial charge < -0.3 is 46.4 Å². The predicted molar refractivity (Wildman–Crippen MR) is 281 cm³/mol. The topological polar surface area (TPSA) is 172 Å². The van der Waals surface area contributed by atoms with E-state index in [4.69, 9.17) is 4.74 Å². The molecule has 0 bridgehead atoms. The number of benzene rings is 4. The Labute approximate surface area is 436 Å². The van der Waals surface area contributed by atoms with Crippen LogP contribution in [0.1, 0.15) is 139 Å². The highest BCUT2D eigenvalue weighted by Gasteiger charge is 2.34. The van der Waals surface area contributed by atoms with Gasteiger partial charge in [0, 0.05) is 69.3 Å². The molecule has 2 amide bonds. The van der Waals surface area contributed by atoms with E-state index in [0.29, 0.717) is 11.1 Å². The summed E-state index contributed by atoms with van der Waals surface area (Å²) in [6.45, 7) is 19.9. The van der Waals surface area contributed by atoms with E-state index in [1.807, 2.05) is 0 Å². The van der Waals surface area contributed by atoms with Crippen LogP contribution in [0, 0.1) is 45.9 Å². The van der Waals surface area contributed by atoms with E-state index in [-0.39, 0.29) is 79.8 Å². The zero-order valence-electron chi connectivity index (χ0n) is 45.1. The van der Waals surface area contributed by atoms with Gasteiger partial charge in [0.1, 0.15) is 28.9 Å². The monoisotopic (exact) mass is 1030 g/mol. The van der Waals surface area contributed by atoms with Crippen molar-refractivity contribution in [3.8, 4) is 0 Å². The summed E-state index contributed by atoms with van der Waals surface area (Å²) in [5.74, 6) is -3.25. The molecule has 0 heterocycles. The number of amides is 2. The number of carbonyl (C=O) groups excluding carboxylic acids is 2. The van der Waals surface area contributed by atoms with Crippen LogP contribution in [0.15, 0.2) is 72.8 Å². The lowest BCUT2D eigenvalue weighted by atomic mass is 9.78. The average molecular weight is 1040 g/mol. The van der Waals surface area contributed by atoms with Crippen molar-refractivity contribution in [2.24, 2.45) is 22.7 Å². The van der Waals surface area contributed by atoms with Crippen LogP contribution in [0.4, 0.5) is 22.4 Å². The minimum Gasteiger partial charge on any atom is -0.444 e. The van der Waals surface area contributed by atoms with Crippen molar-refractivity contribution < 1.29 is 52.3 Å². The lowest BCUT2D eigenvalue weighted by Crippen LogP contribution is -2.51. The number of rotatable bonds is 18. The Morgan fingerprint density at radius 2 is 0.959 bits per heavy atom. The number of alkyl carbamates (subject to hydrolysis) is 1. The molecule has 0 fully saturated rings. The maximum Gasteiger partial charge on any atom is 0.407 e. The minimum atomic E-state index is -1.11. The molecule has 8 atom stereocenters. The number of aliphatic hydroxyl groups is 4. The van der Waals surface area contributed by atoms with Crippen LogP contribution in [0.5, 0.6) is 0 Å². The molecule has 11 nitrogen and oxygen atoms in total. The van der Waals surface area contributed by atoms with Crippen molar-refractivity contribution in [3.63, 3.8) is 0 Å². The van der Waals surface area contributed by atoms with Crippen molar-refractivity contribution in [2.45, 2.75) is 163 Å². The highest BCUT2D eigenvalue weighted by molar-refractivity contribution is 5.73. The van der Waals surface area contributed by atoms with Gasteiger partial charge in [-0.2, -0.15) is 0 Å². The molecule has 4 aromatic rings. The van der Waals surface area contributed by atoms with Gasteiger partial charge in [-0.15, -0.1) is 0 Å². The fourth-order valence-electron chi connectivity index (χ4n) is 10.3. The van der Waals surface area contributed by atoms with Crippen LogP contribution in [-0.2, 0) is 48.1 Å². The van der Waals surface area contributed by atoms with Gasteiger partial charge in [0.15, 0.2) is 0 Å². The molecule has 74 heavy (non-hydrogen) atoms. The van der Waals surface area contributed by atoms with Crippen molar-refractivity contribution in [1.29, 1.82) is 0 Å². The standard InChI is InChI=1S/C31H44F2N2O4.C28H38F2N2O3/c1-30(2,3)16-19-7-8-21-9-10-22(18-36)28(25(21)13-19)34-17-27(37)26(35-29(38)39-31(4,5)6)14-20-11-23(32)15-24(33)12-20;1-17(34)32-25(12-19-9-22(29)13-23(30)10-19)26(35)15-31-27-21(16-33)8-7-20-6-5-18(11-24(20)27)14-28(2,3)4/h7-8,11-13,15,22,26-28,34,36-37H,9-10,14,16-18H2,1-6H3,(H,35,38);5-6,9-11,13,21,25-27,31,33,35H,7-8,12,14-16H2,1-4H3,(H,32,34)/t22?,26-,27+,28-;21?,25-,26+,27-/m00/s1. The van der Waals surface area contributed by atoms with Crippen LogP contribution >= 0.6 is 0 Å². The van der Waals surface area contributed by atoms with Gasteiger partial charge in [-0.05, 0) is 152 Å². The van der Waals surface area contributed by atoms with Gasteiger partial charge in [0.05, 0.1) is 24.3 Å². The van der Waals surface area contributed by atoms with E-state index in [2.05, 4.69) is 99.2 Å². The molecule has 0 aliphatic heterocycles. The quantitative estimate of drug-likeness (QED) is 0.0453. The number of fused-ring (bicyclic) bond motifs is 2. The average Bonchev–Trinajstić information content (AvgIpc) is 3.27. The Hall–Kier alpha value is -4.90. The van der Waals surface area contributed by atoms with Gasteiger partial charge in [0.25, 0.3) is 0 Å². The fourth-order valence-corrected chi connectivity index (χ4v) is 10.3. The van der Waals surface area contributed by atoms with Gasteiger partial charge in [-0.1, -0.05) is 77.9 Å². The Balaban J connectivity index is 0.000000276. The maximum absolute atomic E-state index is 13.9. The Kier molecular flexibility index (Phi) is 21.3. The molecule has 0 saturated carbocycles. The number of nitrogens with one attached hydrogen (secondary N) is 4. The third kappa shape index (κ3) is 19.0. The van der Waals surface area contributed by atoms with Crippen LogP contribution in [0.2, 0.25) is 0 Å². The summed E-state index contributed by atoms with van der Waals surface area (Å²) in [7, 11) is 0. The second-order valence-corrected chi connectivity index (χ2v) is 23.9. The molecule has 8 N–H and O–H groups in total. The second kappa shape index (κ2) is 26.2. The number of halogens is 4. The van der Waals surface area contributed by atoms with Crippen molar-refractivity contribution in [3.05, 3.63) is 141 Å². The molecule has 2 aliphatic carbocycles. The predicted octanol–water partition coefficient (Wildman–Crippen LogP) is 9.08. The van der Waals surface area contributed by atoms with E-state index >= 15 is 0 Å². The molecule has 4 aromatic carbocycles. The van der Waals surface area contributed by atoms with E-state index in [9.17, 15) is 47.6 Å². The van der Waals surface area contributed by atoms with Crippen LogP contribution < -0.4 is 21.3 Å². The highest BCUT2D eigenvalue weighted by atomic mass is 19.1. The third-order valence-corrected chi connectivity index (χ3v) is 13.4. The molecule has 2 aliphatic rings. The first-order valence-corrected chi connectivity index (χ1v) is 26.0. The summed E-state index contributed by atoms with van der Waals surface area (Å²) in [4.78, 5) is 24.3. The highest BCUT2D eigenvalue weighted by Crippen LogP contribution is 2.38. The van der Waals surface area contributed by atoms with Crippen LogP contribution in [0.3, 0.4) is 0 Å². The van der Waals surface area contributed by atoms with Crippen molar-refractivity contribution >= 4 is 12.0 Å². The number of carbonyl (C=O) groups is 2. The van der Waals surface area contributed by atoms with Crippen LogP contribution in [0.25, 0.3) is 0 Å². The molecular formula is C59H82F4N4O7. The number of aryl methyl sites for hydroxylation is 2. The largest absolute Gasteiger partial charge is 0.444 e. The number of hydrogen-bond acceptors (Lipinski definition) is 9. The first kappa shape index (κ1) is 60.0. The Morgan fingerprint density at radius 1 is 0.581 bits per heavy atom. The maximum atomic E-state index is 13.9. The zero-order chi connectivity index (χ0) is 54.7. The summed E-state index contributed by atoms with van der Waals surface area (Å²) >= 11 is 0. The van der Waals surface area contributed by atoms with E-state index < -0.39 is 59.3 Å². The van der Waals surface area contributed by atoms with Crippen LogP contribution in [-0.4, -0.2) is 88.6 Å². The Bertz CT molecular complexity index is 2450. The molecular weight excluding hydrogens is 953 g/mol. The van der Waals surface area contributed by atoms with E-state index in [0.717, 1.165) is 61.8 Å². The molecule has 15 heteroatoms. The molecule has 0 aromatic heterocycles. The number of hydrogen-bond donors (Lipinski definition) is 8. The first-order valence-electron chi connectivity index (χ1n) is 26.0. The van der Waals surface area contributed by atoms with Gasteiger partial charge in [0.2, 0.25) is 5.91 Å². The number of ether oxygens (including phenoxy) is 1. The minimum absolute atomic E-state index is 0.00113. The summed E-state index contributed by atoms with van der Waals surface area (Å²) in [5, 5.41) is 54.6. The summed E-state index contributed by atoms with van der Waals surface area (Å²) in [6.07, 6.45) is 2.45. The number of aliphatic hydroxyl groups excluding tert-OH is 4. The normalized spacial score (nSPS) is 19.4. The van der Waals surface area contributed by atoms with Crippen molar-refractivity contribution in [1.82, 2.24) is 21.3 Å². The Morgan fingerprint density at radius 3 is 1.30 bits per heavy atom. The summed E-state index contributed by atoms with van der Waals surface area (Å²) < 4.78 is 60.4. The second-order valence-electron chi connectivity index (χ2n) is 23.9. The molecule has 0 spiro atoms. The molecule has 0 saturated heterocycles. The van der Waals surface area contributed by atoms with Crippen molar-refractivity contribution in [2.75, 3.05) is 26.3 Å². The fraction of sp³-hybridized carbons (Fsp3) is 0.559. The molecule has 2 unspecified atom stereocenters. The zero-order valence-corrected chi connectivity index (χ0v) is 45.1.